The van der Waals surface area contributed by atoms with Gasteiger partial charge in [-0.25, -0.2) is 0 Å². The number of hydrogen-bond donors (Lipinski definition) is 1. The van der Waals surface area contributed by atoms with Crippen LogP contribution >= 0.6 is 11.6 Å². The van der Waals surface area contributed by atoms with Crippen molar-refractivity contribution >= 4 is 11.6 Å². The van der Waals surface area contributed by atoms with Crippen LogP contribution in [0.15, 0.2) is 28.8 Å². The predicted molar refractivity (Wildman–Crippen MR) is 70.1 cm³/mol. The molecule has 3 rings (SSSR count). The molecule has 1 unspecified atom stereocenters. The lowest BCUT2D eigenvalue weighted by atomic mass is 10.1. The summed E-state index contributed by atoms with van der Waals surface area (Å²) in [7, 11) is 0. The first-order chi connectivity index (χ1) is 9.33. The molecule has 1 atom stereocenters. The number of nitrogens with zero attached hydrogens (tertiary/aromatic N) is 2. The van der Waals surface area contributed by atoms with Gasteiger partial charge in [0.15, 0.2) is 5.82 Å². The molecule has 6 heteroatoms. The Hall–Kier alpha value is -1.43. The fourth-order valence-corrected chi connectivity index (χ4v) is 2.21. The van der Waals surface area contributed by atoms with Gasteiger partial charge in [0.1, 0.15) is 6.10 Å². The van der Waals surface area contributed by atoms with E-state index in [9.17, 15) is 0 Å². The molecule has 1 aromatic carbocycles. The number of aromatic nitrogens is 2. The van der Waals surface area contributed by atoms with Crippen LogP contribution in [0, 0.1) is 0 Å². The van der Waals surface area contributed by atoms with E-state index in [1.54, 1.807) is 0 Å². The summed E-state index contributed by atoms with van der Waals surface area (Å²) < 4.78 is 10.8. The van der Waals surface area contributed by atoms with Gasteiger partial charge in [-0.15, -0.1) is 0 Å². The molecule has 1 aromatic heterocycles. The lowest BCUT2D eigenvalue weighted by Crippen LogP contribution is -2.33. The van der Waals surface area contributed by atoms with Crippen molar-refractivity contribution in [2.75, 3.05) is 19.7 Å². The molecule has 0 aliphatic carbocycles. The van der Waals surface area contributed by atoms with Gasteiger partial charge in [0.25, 0.3) is 5.89 Å². The number of morpholine rings is 1. The van der Waals surface area contributed by atoms with Crippen molar-refractivity contribution in [1.29, 1.82) is 0 Å². The van der Waals surface area contributed by atoms with Crippen molar-refractivity contribution in [3.63, 3.8) is 0 Å². The molecule has 0 saturated carbocycles. The molecule has 5 nitrogen and oxygen atoms in total. The van der Waals surface area contributed by atoms with Crippen molar-refractivity contribution in [2.45, 2.75) is 12.5 Å². The Morgan fingerprint density at radius 1 is 1.37 bits per heavy atom. The van der Waals surface area contributed by atoms with Crippen LogP contribution in [-0.2, 0) is 11.2 Å². The highest BCUT2D eigenvalue weighted by atomic mass is 35.5. The average Bonchev–Trinajstić information content (AvgIpc) is 2.91. The minimum atomic E-state index is -0.152. The summed E-state index contributed by atoms with van der Waals surface area (Å²) in [6.07, 6.45) is 0.407. The maximum absolute atomic E-state index is 6.11. The quantitative estimate of drug-likeness (QED) is 0.931. The second-order valence-corrected chi connectivity index (χ2v) is 4.79. The second-order valence-electron chi connectivity index (χ2n) is 4.38. The summed E-state index contributed by atoms with van der Waals surface area (Å²) >= 11 is 6.11. The minimum Gasteiger partial charge on any atom is -0.366 e. The Kier molecular flexibility index (Phi) is 3.77. The van der Waals surface area contributed by atoms with Gasteiger partial charge in [0, 0.05) is 24.5 Å². The molecule has 100 valence electrons. The lowest BCUT2D eigenvalue weighted by molar-refractivity contribution is 0.00755. The zero-order chi connectivity index (χ0) is 13.1. The molecule has 0 amide bonds. The van der Waals surface area contributed by atoms with E-state index in [1.165, 1.54) is 0 Å². The van der Waals surface area contributed by atoms with Crippen LogP contribution in [0.5, 0.6) is 0 Å². The first kappa shape index (κ1) is 12.6. The molecule has 1 aliphatic rings. The first-order valence-corrected chi connectivity index (χ1v) is 6.59. The maximum Gasteiger partial charge on any atom is 0.257 e. The Bertz CT molecular complexity index is 552. The van der Waals surface area contributed by atoms with E-state index < -0.39 is 0 Å². The Balaban J connectivity index is 1.73. The van der Waals surface area contributed by atoms with Gasteiger partial charge in [0.2, 0.25) is 0 Å². The van der Waals surface area contributed by atoms with Crippen LogP contribution in [-0.4, -0.2) is 29.8 Å². The van der Waals surface area contributed by atoms with Crippen LogP contribution < -0.4 is 5.32 Å². The van der Waals surface area contributed by atoms with Gasteiger partial charge in [-0.1, -0.05) is 35.0 Å². The molecule has 0 spiro atoms. The van der Waals surface area contributed by atoms with E-state index in [4.69, 9.17) is 20.9 Å². The van der Waals surface area contributed by atoms with Crippen molar-refractivity contribution in [1.82, 2.24) is 15.5 Å². The average molecular weight is 280 g/mol. The fraction of sp³-hybridized carbons (Fsp3) is 0.385. The van der Waals surface area contributed by atoms with E-state index in [2.05, 4.69) is 15.5 Å². The minimum absolute atomic E-state index is 0.152. The van der Waals surface area contributed by atoms with E-state index >= 15 is 0 Å². The van der Waals surface area contributed by atoms with Gasteiger partial charge >= 0.3 is 0 Å². The highest BCUT2D eigenvalue weighted by Crippen LogP contribution is 2.20. The summed E-state index contributed by atoms with van der Waals surface area (Å²) in [5.41, 5.74) is 0.985. The molecule has 1 aliphatic heterocycles. The zero-order valence-corrected chi connectivity index (χ0v) is 11.1. The molecule has 19 heavy (non-hydrogen) atoms. The summed E-state index contributed by atoms with van der Waals surface area (Å²) in [4.78, 5) is 4.37. The Morgan fingerprint density at radius 3 is 3.05 bits per heavy atom. The molecule has 2 heterocycles. The smallest absolute Gasteiger partial charge is 0.257 e. The summed E-state index contributed by atoms with van der Waals surface area (Å²) in [6.45, 7) is 2.22. The number of ether oxygens (including phenoxy) is 1. The van der Waals surface area contributed by atoms with Crippen molar-refractivity contribution in [3.05, 3.63) is 46.6 Å². The number of rotatable bonds is 3. The fourth-order valence-electron chi connectivity index (χ4n) is 2.01. The standard InChI is InChI=1S/C13H14ClN3O2/c14-10-4-2-1-3-9(10)7-12-16-13(19-17-12)11-8-15-5-6-18-11/h1-4,11,15H,5-8H2. The van der Waals surface area contributed by atoms with Gasteiger partial charge in [0.05, 0.1) is 6.61 Å². The van der Waals surface area contributed by atoms with E-state index in [1.807, 2.05) is 24.3 Å². The van der Waals surface area contributed by atoms with Crippen molar-refractivity contribution < 1.29 is 9.26 Å². The maximum atomic E-state index is 6.11. The van der Waals surface area contributed by atoms with Crippen LogP contribution in [0.2, 0.25) is 5.02 Å². The molecule has 1 N–H and O–H groups in total. The van der Waals surface area contributed by atoms with Gasteiger partial charge in [-0.3, -0.25) is 0 Å². The van der Waals surface area contributed by atoms with Crippen molar-refractivity contribution in [3.8, 4) is 0 Å². The Labute approximate surface area is 115 Å². The van der Waals surface area contributed by atoms with Crippen LogP contribution in [0.3, 0.4) is 0 Å². The third-order valence-corrected chi connectivity index (χ3v) is 3.36. The number of hydrogen-bond acceptors (Lipinski definition) is 5. The molecule has 0 bridgehead atoms. The highest BCUT2D eigenvalue weighted by molar-refractivity contribution is 6.31. The number of benzene rings is 1. The molecular weight excluding hydrogens is 266 g/mol. The summed E-state index contributed by atoms with van der Waals surface area (Å²) in [5, 5.41) is 7.92. The largest absolute Gasteiger partial charge is 0.366 e. The zero-order valence-electron chi connectivity index (χ0n) is 10.3. The normalized spacial score (nSPS) is 19.5. The van der Waals surface area contributed by atoms with Crippen molar-refractivity contribution in [2.24, 2.45) is 0 Å². The SMILES string of the molecule is Clc1ccccc1Cc1noc(C2CNCCO2)n1. The summed E-state index contributed by atoms with van der Waals surface area (Å²) in [6, 6.07) is 7.65. The summed E-state index contributed by atoms with van der Waals surface area (Å²) in [5.74, 6) is 1.14. The van der Waals surface area contributed by atoms with Crippen LogP contribution in [0.4, 0.5) is 0 Å². The molecule has 2 aromatic rings. The molecule has 1 fully saturated rings. The van der Waals surface area contributed by atoms with E-state index in [0.29, 0.717) is 36.3 Å². The number of halogens is 1. The third-order valence-electron chi connectivity index (χ3n) is 2.99. The van der Waals surface area contributed by atoms with E-state index in [-0.39, 0.29) is 6.10 Å². The number of nitrogens with one attached hydrogen (secondary N) is 1. The topological polar surface area (TPSA) is 60.2 Å². The molecular formula is C13H14ClN3O2. The molecule has 1 saturated heterocycles. The third kappa shape index (κ3) is 2.94. The van der Waals surface area contributed by atoms with Gasteiger partial charge in [-0.2, -0.15) is 4.98 Å². The lowest BCUT2D eigenvalue weighted by Gasteiger charge is -2.19. The van der Waals surface area contributed by atoms with E-state index in [0.717, 1.165) is 12.1 Å². The van der Waals surface area contributed by atoms with Crippen LogP contribution in [0.25, 0.3) is 0 Å². The first-order valence-electron chi connectivity index (χ1n) is 6.21. The highest BCUT2D eigenvalue weighted by Gasteiger charge is 2.22. The predicted octanol–water partition coefficient (Wildman–Crippen LogP) is 1.97. The Morgan fingerprint density at radius 2 is 2.26 bits per heavy atom. The van der Waals surface area contributed by atoms with Gasteiger partial charge < -0.3 is 14.6 Å². The van der Waals surface area contributed by atoms with Crippen LogP contribution in [0.1, 0.15) is 23.4 Å². The monoisotopic (exact) mass is 279 g/mol. The second kappa shape index (κ2) is 5.69. The molecule has 0 radical (unpaired) electrons. The van der Waals surface area contributed by atoms with Gasteiger partial charge in [-0.05, 0) is 11.6 Å².